The average Bonchev–Trinajstić information content (AvgIpc) is 2.05. The molecule has 1 aromatic rings. The molecule has 1 atom stereocenters. The molecule has 12 heavy (non-hydrogen) atoms. The highest BCUT2D eigenvalue weighted by Crippen LogP contribution is 2.10. The number of hydrogen-bond donors (Lipinski definition) is 0. The molecule has 4 nitrogen and oxygen atoms in total. The van der Waals surface area contributed by atoms with E-state index in [9.17, 15) is 10.1 Å². The van der Waals surface area contributed by atoms with E-state index in [0.717, 1.165) is 5.69 Å². The van der Waals surface area contributed by atoms with Crippen LogP contribution in [0.15, 0.2) is 24.4 Å². The third kappa shape index (κ3) is 2.30. The summed E-state index contributed by atoms with van der Waals surface area (Å²) in [6.07, 6.45) is 1.64. The Morgan fingerprint density at radius 1 is 1.67 bits per heavy atom. The van der Waals surface area contributed by atoms with E-state index in [-0.39, 0.29) is 17.4 Å². The van der Waals surface area contributed by atoms with Gasteiger partial charge in [0.1, 0.15) is 0 Å². The Kier molecular flexibility index (Phi) is 2.74. The molecule has 0 N–H and O–H groups in total. The SMILES string of the molecule is C[C@@H](C[N+](=O)[O-])c1ccccn1. The molecule has 1 heterocycles. The Balaban J connectivity index is 2.65. The molecular weight excluding hydrogens is 156 g/mol. The second-order valence-electron chi connectivity index (χ2n) is 2.67. The van der Waals surface area contributed by atoms with Crippen LogP contribution in [0.4, 0.5) is 0 Å². The van der Waals surface area contributed by atoms with Crippen LogP contribution in [0.5, 0.6) is 0 Å². The Bertz CT molecular complexity index is 261. The van der Waals surface area contributed by atoms with Crippen molar-refractivity contribution in [2.45, 2.75) is 12.8 Å². The molecule has 0 aromatic carbocycles. The third-order valence-corrected chi connectivity index (χ3v) is 1.62. The highest BCUT2D eigenvalue weighted by atomic mass is 16.6. The van der Waals surface area contributed by atoms with Gasteiger partial charge in [-0.3, -0.25) is 15.1 Å². The summed E-state index contributed by atoms with van der Waals surface area (Å²) >= 11 is 0. The summed E-state index contributed by atoms with van der Waals surface area (Å²) in [7, 11) is 0. The van der Waals surface area contributed by atoms with Gasteiger partial charge in [-0.05, 0) is 12.1 Å². The summed E-state index contributed by atoms with van der Waals surface area (Å²) in [5.41, 5.74) is 0.772. The van der Waals surface area contributed by atoms with Crippen molar-refractivity contribution >= 4 is 0 Å². The topological polar surface area (TPSA) is 56.0 Å². The van der Waals surface area contributed by atoms with E-state index in [0.29, 0.717) is 0 Å². The smallest absolute Gasteiger partial charge is 0.211 e. The van der Waals surface area contributed by atoms with Crippen LogP contribution in [-0.4, -0.2) is 16.5 Å². The van der Waals surface area contributed by atoms with E-state index in [1.807, 2.05) is 6.07 Å². The van der Waals surface area contributed by atoms with Crippen LogP contribution < -0.4 is 0 Å². The molecule has 0 spiro atoms. The quantitative estimate of drug-likeness (QED) is 0.504. The van der Waals surface area contributed by atoms with Crippen molar-refractivity contribution in [3.8, 4) is 0 Å². The summed E-state index contributed by atoms with van der Waals surface area (Å²) in [5.74, 6) is -0.110. The van der Waals surface area contributed by atoms with Gasteiger partial charge in [-0.25, -0.2) is 0 Å². The second kappa shape index (κ2) is 3.80. The van der Waals surface area contributed by atoms with E-state index in [4.69, 9.17) is 0 Å². The van der Waals surface area contributed by atoms with E-state index in [2.05, 4.69) is 4.98 Å². The first-order valence-electron chi connectivity index (χ1n) is 3.73. The largest absolute Gasteiger partial charge is 0.265 e. The lowest BCUT2D eigenvalue weighted by molar-refractivity contribution is -0.482. The zero-order valence-corrected chi connectivity index (χ0v) is 6.80. The minimum absolute atomic E-state index is 0.0585. The Morgan fingerprint density at radius 3 is 2.92 bits per heavy atom. The third-order valence-electron chi connectivity index (χ3n) is 1.62. The number of rotatable bonds is 3. The average molecular weight is 166 g/mol. The molecule has 0 saturated heterocycles. The minimum atomic E-state index is -0.320. The number of hydrogen-bond acceptors (Lipinski definition) is 3. The summed E-state index contributed by atoms with van der Waals surface area (Å²) < 4.78 is 0. The predicted molar refractivity (Wildman–Crippen MR) is 44.5 cm³/mol. The number of aromatic nitrogens is 1. The van der Waals surface area contributed by atoms with Crippen molar-refractivity contribution in [2.24, 2.45) is 0 Å². The zero-order chi connectivity index (χ0) is 8.97. The first-order valence-corrected chi connectivity index (χ1v) is 3.73. The fraction of sp³-hybridized carbons (Fsp3) is 0.375. The van der Waals surface area contributed by atoms with Crippen molar-refractivity contribution in [1.29, 1.82) is 0 Å². The Labute approximate surface area is 70.4 Å². The van der Waals surface area contributed by atoms with Gasteiger partial charge in [-0.15, -0.1) is 0 Å². The molecule has 64 valence electrons. The van der Waals surface area contributed by atoms with Crippen LogP contribution in [0.25, 0.3) is 0 Å². The van der Waals surface area contributed by atoms with Gasteiger partial charge in [0.25, 0.3) is 0 Å². The molecule has 4 heteroatoms. The number of pyridine rings is 1. The molecular formula is C8H10N2O2. The van der Waals surface area contributed by atoms with Gasteiger partial charge in [0.15, 0.2) is 0 Å². The molecule has 0 fully saturated rings. The van der Waals surface area contributed by atoms with E-state index in [1.54, 1.807) is 25.3 Å². The molecule has 0 aliphatic heterocycles. The van der Waals surface area contributed by atoms with Crippen LogP contribution in [0.1, 0.15) is 18.5 Å². The van der Waals surface area contributed by atoms with Crippen LogP contribution in [0.2, 0.25) is 0 Å². The van der Waals surface area contributed by atoms with Crippen LogP contribution in [0, 0.1) is 10.1 Å². The normalized spacial score (nSPS) is 12.4. The first kappa shape index (κ1) is 8.64. The van der Waals surface area contributed by atoms with Gasteiger partial charge in [-0.2, -0.15) is 0 Å². The summed E-state index contributed by atoms with van der Waals surface area (Å²) in [4.78, 5) is 13.9. The highest BCUT2D eigenvalue weighted by molar-refractivity contribution is 5.08. The fourth-order valence-corrected chi connectivity index (χ4v) is 0.985. The molecule has 0 unspecified atom stereocenters. The molecule has 1 rings (SSSR count). The van der Waals surface area contributed by atoms with Crippen molar-refractivity contribution in [1.82, 2.24) is 4.98 Å². The molecule has 0 saturated carbocycles. The summed E-state index contributed by atoms with van der Waals surface area (Å²) in [6.45, 7) is 1.74. The van der Waals surface area contributed by atoms with Crippen molar-refractivity contribution in [3.63, 3.8) is 0 Å². The van der Waals surface area contributed by atoms with Crippen LogP contribution in [-0.2, 0) is 0 Å². The van der Waals surface area contributed by atoms with Crippen molar-refractivity contribution in [2.75, 3.05) is 6.54 Å². The summed E-state index contributed by atoms with van der Waals surface area (Å²) in [6, 6.07) is 5.43. The lowest BCUT2D eigenvalue weighted by atomic mass is 10.1. The number of nitrogens with zero attached hydrogens (tertiary/aromatic N) is 2. The first-order chi connectivity index (χ1) is 5.70. The monoisotopic (exact) mass is 166 g/mol. The fourth-order valence-electron chi connectivity index (χ4n) is 0.985. The van der Waals surface area contributed by atoms with Crippen LogP contribution in [0.3, 0.4) is 0 Å². The maximum absolute atomic E-state index is 10.2. The molecule has 1 aromatic heterocycles. The zero-order valence-electron chi connectivity index (χ0n) is 6.80. The van der Waals surface area contributed by atoms with E-state index < -0.39 is 0 Å². The maximum atomic E-state index is 10.2. The van der Waals surface area contributed by atoms with Gasteiger partial charge in [-0.1, -0.05) is 13.0 Å². The van der Waals surface area contributed by atoms with E-state index >= 15 is 0 Å². The van der Waals surface area contributed by atoms with Gasteiger partial charge in [0, 0.05) is 16.8 Å². The molecule has 0 bridgehead atoms. The second-order valence-corrected chi connectivity index (χ2v) is 2.67. The minimum Gasteiger partial charge on any atom is -0.265 e. The van der Waals surface area contributed by atoms with E-state index in [1.165, 1.54) is 0 Å². The number of nitro groups is 1. The van der Waals surface area contributed by atoms with Crippen molar-refractivity contribution < 1.29 is 4.92 Å². The summed E-state index contributed by atoms with van der Waals surface area (Å²) in [5, 5.41) is 10.2. The standard InChI is InChI=1S/C8H10N2O2/c1-7(6-10(11)12)8-4-2-3-5-9-8/h2-5,7H,6H2,1H3/t7-/m0/s1. The Hall–Kier alpha value is -1.45. The van der Waals surface area contributed by atoms with Crippen molar-refractivity contribution in [3.05, 3.63) is 40.2 Å². The molecule has 0 aliphatic carbocycles. The predicted octanol–water partition coefficient (Wildman–Crippen LogP) is 1.46. The lowest BCUT2D eigenvalue weighted by Gasteiger charge is -2.03. The van der Waals surface area contributed by atoms with Gasteiger partial charge < -0.3 is 0 Å². The maximum Gasteiger partial charge on any atom is 0.211 e. The van der Waals surface area contributed by atoms with Gasteiger partial charge in [0.05, 0.1) is 5.92 Å². The van der Waals surface area contributed by atoms with Gasteiger partial charge >= 0.3 is 0 Å². The molecule has 0 aliphatic rings. The molecule has 0 amide bonds. The Morgan fingerprint density at radius 2 is 2.42 bits per heavy atom. The highest BCUT2D eigenvalue weighted by Gasteiger charge is 2.11. The lowest BCUT2D eigenvalue weighted by Crippen LogP contribution is -2.10. The van der Waals surface area contributed by atoms with Crippen LogP contribution >= 0.6 is 0 Å². The van der Waals surface area contributed by atoms with Gasteiger partial charge in [0.2, 0.25) is 6.54 Å². The molecule has 0 radical (unpaired) electrons.